The molecular formula is C15H10Br6O2. The predicted molar refractivity (Wildman–Crippen MR) is 114 cm³/mol. The summed E-state index contributed by atoms with van der Waals surface area (Å²) in [6, 6.07) is 7.72. The van der Waals surface area contributed by atoms with Gasteiger partial charge in [0, 0.05) is 15.4 Å². The van der Waals surface area contributed by atoms with E-state index in [1.165, 1.54) is 0 Å². The average molecular weight is 702 g/mol. The monoisotopic (exact) mass is 696 g/mol. The van der Waals surface area contributed by atoms with Gasteiger partial charge in [-0.3, -0.25) is 0 Å². The summed E-state index contributed by atoms with van der Waals surface area (Å²) in [5, 5.41) is 0. The van der Waals surface area contributed by atoms with E-state index < -0.39 is 6.29 Å². The minimum atomic E-state index is -0.433. The van der Waals surface area contributed by atoms with Gasteiger partial charge in [0.1, 0.15) is 0 Å². The van der Waals surface area contributed by atoms with Crippen LogP contribution in [0.4, 0.5) is 0 Å². The molecule has 0 aliphatic rings. The Balaban J connectivity index is 2.26. The van der Waals surface area contributed by atoms with Crippen molar-refractivity contribution in [3.63, 3.8) is 0 Å². The highest BCUT2D eigenvalue weighted by atomic mass is 79.9. The van der Waals surface area contributed by atoms with Crippen LogP contribution in [-0.2, 0) is 0 Å². The van der Waals surface area contributed by atoms with E-state index in [4.69, 9.17) is 9.47 Å². The summed E-state index contributed by atoms with van der Waals surface area (Å²) in [7, 11) is 0. The van der Waals surface area contributed by atoms with Crippen LogP contribution < -0.4 is 9.47 Å². The van der Waals surface area contributed by atoms with Crippen molar-refractivity contribution in [2.24, 2.45) is 0 Å². The quantitative estimate of drug-likeness (QED) is 0.292. The van der Waals surface area contributed by atoms with Crippen molar-refractivity contribution in [3.8, 4) is 11.5 Å². The highest BCUT2D eigenvalue weighted by Gasteiger charge is 2.18. The van der Waals surface area contributed by atoms with Gasteiger partial charge in [0.05, 0.1) is 17.9 Å². The smallest absolute Gasteiger partial charge is 0.241 e. The minimum absolute atomic E-state index is 0.433. The molecule has 0 amide bonds. The predicted octanol–water partition coefficient (Wildman–Crippen LogP) is 8.46. The summed E-state index contributed by atoms with van der Waals surface area (Å²) in [5.74, 6) is 1.40. The lowest BCUT2D eigenvalue weighted by molar-refractivity contribution is 0.000989. The van der Waals surface area contributed by atoms with Crippen LogP contribution in [0, 0.1) is 0 Å². The van der Waals surface area contributed by atoms with Gasteiger partial charge in [-0.25, -0.2) is 0 Å². The molecule has 0 atom stereocenters. The van der Waals surface area contributed by atoms with E-state index in [2.05, 4.69) is 95.6 Å². The summed E-state index contributed by atoms with van der Waals surface area (Å²) < 4.78 is 17.3. The maximum absolute atomic E-state index is 6.03. The van der Waals surface area contributed by atoms with Crippen LogP contribution >= 0.6 is 95.6 Å². The molecule has 0 radical (unpaired) electrons. The van der Waals surface area contributed by atoms with Crippen molar-refractivity contribution in [2.45, 2.75) is 19.6 Å². The van der Waals surface area contributed by atoms with Crippen molar-refractivity contribution >= 4 is 95.6 Å². The average Bonchev–Trinajstić information content (AvgIpc) is 2.44. The first kappa shape index (κ1) is 20.2. The SMILES string of the molecule is CCC(Oc1c(Br)cc(Br)cc1Br)Oc1c(Br)cc(Br)cc1Br. The molecular weight excluding hydrogens is 692 g/mol. The maximum atomic E-state index is 6.03. The Morgan fingerprint density at radius 2 is 1.00 bits per heavy atom. The summed E-state index contributed by atoms with van der Waals surface area (Å²) in [6.07, 6.45) is 0.252. The highest BCUT2D eigenvalue weighted by molar-refractivity contribution is 9.12. The molecule has 124 valence electrons. The lowest BCUT2D eigenvalue weighted by Gasteiger charge is -2.22. The third kappa shape index (κ3) is 5.45. The topological polar surface area (TPSA) is 18.5 Å². The molecule has 2 aromatic carbocycles. The second kappa shape index (κ2) is 9.03. The van der Waals surface area contributed by atoms with Gasteiger partial charge in [-0.1, -0.05) is 38.8 Å². The van der Waals surface area contributed by atoms with Crippen LogP contribution in [0.5, 0.6) is 11.5 Å². The van der Waals surface area contributed by atoms with Crippen LogP contribution in [0.15, 0.2) is 51.1 Å². The second-order valence-electron chi connectivity index (χ2n) is 4.47. The van der Waals surface area contributed by atoms with Crippen LogP contribution in [0.2, 0.25) is 0 Å². The number of hydrogen-bond acceptors (Lipinski definition) is 2. The van der Waals surface area contributed by atoms with Crippen molar-refractivity contribution in [1.29, 1.82) is 0 Å². The van der Waals surface area contributed by atoms with E-state index in [0.29, 0.717) is 17.9 Å². The summed E-state index contributed by atoms with van der Waals surface area (Å²) in [5.41, 5.74) is 0. The molecule has 0 saturated heterocycles. The molecule has 0 aliphatic heterocycles. The van der Waals surface area contributed by atoms with E-state index in [1.54, 1.807) is 0 Å². The summed E-state index contributed by atoms with van der Waals surface area (Å²) >= 11 is 20.9. The Morgan fingerprint density at radius 3 is 1.26 bits per heavy atom. The third-order valence-corrected chi connectivity index (χ3v) is 6.03. The molecule has 0 spiro atoms. The van der Waals surface area contributed by atoms with Crippen molar-refractivity contribution in [2.75, 3.05) is 0 Å². The lowest BCUT2D eigenvalue weighted by Crippen LogP contribution is -2.23. The first-order valence-corrected chi connectivity index (χ1v) is 11.2. The highest BCUT2D eigenvalue weighted by Crippen LogP contribution is 2.40. The van der Waals surface area contributed by atoms with Gasteiger partial charge in [0.25, 0.3) is 0 Å². The number of ether oxygens (including phenoxy) is 2. The Labute approximate surface area is 185 Å². The van der Waals surface area contributed by atoms with Crippen LogP contribution in [0.1, 0.15) is 13.3 Å². The van der Waals surface area contributed by atoms with E-state index in [1.807, 2.05) is 31.2 Å². The van der Waals surface area contributed by atoms with Gasteiger partial charge in [0.2, 0.25) is 6.29 Å². The van der Waals surface area contributed by atoms with Gasteiger partial charge >= 0.3 is 0 Å². The molecule has 0 aliphatic carbocycles. The molecule has 2 rings (SSSR count). The Hall–Kier alpha value is 0.920. The molecule has 0 N–H and O–H groups in total. The van der Waals surface area contributed by atoms with Gasteiger partial charge < -0.3 is 9.47 Å². The zero-order valence-corrected chi connectivity index (χ0v) is 21.2. The lowest BCUT2D eigenvalue weighted by atomic mass is 10.3. The van der Waals surface area contributed by atoms with Crippen molar-refractivity contribution in [3.05, 3.63) is 51.1 Å². The fourth-order valence-corrected chi connectivity index (χ4v) is 6.63. The molecule has 0 fully saturated rings. The standard InChI is InChI=1S/C15H10Br6O2/c1-2-13(22-14-9(18)3-7(16)4-10(14)19)23-15-11(20)5-8(17)6-12(15)21/h3-6,13H,2H2,1H3. The van der Waals surface area contributed by atoms with Gasteiger partial charge in [0.15, 0.2) is 11.5 Å². The van der Waals surface area contributed by atoms with E-state index in [0.717, 1.165) is 26.8 Å². The van der Waals surface area contributed by atoms with Crippen molar-refractivity contribution < 1.29 is 9.47 Å². The molecule has 23 heavy (non-hydrogen) atoms. The van der Waals surface area contributed by atoms with Crippen LogP contribution in [0.25, 0.3) is 0 Å². The summed E-state index contributed by atoms with van der Waals surface area (Å²) in [6.45, 7) is 2.01. The molecule has 0 saturated carbocycles. The normalized spacial score (nSPS) is 11.0. The van der Waals surface area contributed by atoms with E-state index in [9.17, 15) is 0 Å². The summed E-state index contributed by atoms with van der Waals surface area (Å²) in [4.78, 5) is 0. The number of hydrogen-bond donors (Lipinski definition) is 0. The van der Waals surface area contributed by atoms with Crippen LogP contribution in [-0.4, -0.2) is 6.29 Å². The fourth-order valence-electron chi connectivity index (χ4n) is 1.74. The molecule has 0 unspecified atom stereocenters. The van der Waals surface area contributed by atoms with Crippen LogP contribution in [0.3, 0.4) is 0 Å². The van der Waals surface area contributed by atoms with E-state index >= 15 is 0 Å². The van der Waals surface area contributed by atoms with Crippen molar-refractivity contribution in [1.82, 2.24) is 0 Å². The molecule has 0 bridgehead atoms. The second-order valence-corrected chi connectivity index (χ2v) is 9.72. The largest absolute Gasteiger partial charge is 0.453 e. The minimum Gasteiger partial charge on any atom is -0.453 e. The number of halogens is 6. The number of rotatable bonds is 5. The fraction of sp³-hybridized carbons (Fsp3) is 0.200. The molecule has 2 aromatic rings. The molecule has 8 heteroatoms. The van der Waals surface area contributed by atoms with Gasteiger partial charge in [-0.15, -0.1) is 0 Å². The Morgan fingerprint density at radius 1 is 0.696 bits per heavy atom. The zero-order chi connectivity index (χ0) is 17.1. The Kier molecular flexibility index (Phi) is 7.95. The number of benzene rings is 2. The van der Waals surface area contributed by atoms with Gasteiger partial charge in [-0.2, -0.15) is 0 Å². The first-order valence-electron chi connectivity index (χ1n) is 6.44. The Bertz CT molecular complexity index is 614. The third-order valence-electron chi connectivity index (χ3n) is 2.76. The maximum Gasteiger partial charge on any atom is 0.241 e. The van der Waals surface area contributed by atoms with E-state index in [-0.39, 0.29) is 0 Å². The molecule has 2 nitrogen and oxygen atoms in total. The molecule has 0 aromatic heterocycles. The zero-order valence-electron chi connectivity index (χ0n) is 11.7. The molecule has 0 heterocycles. The first-order chi connectivity index (χ1) is 10.8. The van der Waals surface area contributed by atoms with Gasteiger partial charge in [-0.05, 0) is 88.0 Å².